The minimum atomic E-state index is 0.0418. The van der Waals surface area contributed by atoms with Crippen LogP contribution in [0, 0.1) is 12.3 Å². The van der Waals surface area contributed by atoms with E-state index in [1.807, 2.05) is 18.3 Å². The van der Waals surface area contributed by atoms with Gasteiger partial charge < -0.3 is 4.57 Å². The Labute approximate surface area is 127 Å². The molecular formula is C17H18BrNO. The first kappa shape index (κ1) is 13.6. The molecule has 0 aliphatic heterocycles. The molecule has 0 saturated carbocycles. The van der Waals surface area contributed by atoms with Gasteiger partial charge in [-0.3, -0.25) is 4.79 Å². The van der Waals surface area contributed by atoms with E-state index in [2.05, 4.69) is 53.4 Å². The molecule has 1 heterocycles. The molecule has 1 aromatic carbocycles. The quantitative estimate of drug-likeness (QED) is 0.742. The van der Waals surface area contributed by atoms with Gasteiger partial charge in [-0.05, 0) is 42.5 Å². The number of aryl methyl sites for hydroxylation is 1. The largest absolute Gasteiger partial charge is 0.320 e. The molecular weight excluding hydrogens is 314 g/mol. The Morgan fingerprint density at radius 2 is 1.95 bits per heavy atom. The van der Waals surface area contributed by atoms with E-state index >= 15 is 0 Å². The molecule has 1 aliphatic rings. The van der Waals surface area contributed by atoms with Gasteiger partial charge in [0.25, 0.3) is 0 Å². The van der Waals surface area contributed by atoms with Gasteiger partial charge in [0.05, 0.1) is 0 Å². The second kappa shape index (κ2) is 4.59. The van der Waals surface area contributed by atoms with Crippen LogP contribution in [0.5, 0.6) is 0 Å². The van der Waals surface area contributed by atoms with E-state index in [4.69, 9.17) is 0 Å². The van der Waals surface area contributed by atoms with Crippen LogP contribution in [0.15, 0.2) is 34.9 Å². The van der Waals surface area contributed by atoms with Crippen LogP contribution < -0.4 is 0 Å². The van der Waals surface area contributed by atoms with E-state index in [1.165, 1.54) is 5.56 Å². The molecule has 0 fully saturated rings. The van der Waals surface area contributed by atoms with Crippen LogP contribution >= 0.6 is 15.9 Å². The molecule has 3 heteroatoms. The van der Waals surface area contributed by atoms with Crippen molar-refractivity contribution in [3.05, 3.63) is 51.8 Å². The molecule has 20 heavy (non-hydrogen) atoms. The van der Waals surface area contributed by atoms with Crippen molar-refractivity contribution in [3.8, 4) is 5.69 Å². The summed E-state index contributed by atoms with van der Waals surface area (Å²) < 4.78 is 3.23. The normalized spacial score (nSPS) is 17.1. The van der Waals surface area contributed by atoms with Gasteiger partial charge >= 0.3 is 0 Å². The number of aromatic nitrogens is 1. The van der Waals surface area contributed by atoms with Crippen LogP contribution in [0.2, 0.25) is 0 Å². The number of carbonyl (C=O) groups excluding carboxylic acids is 1. The van der Waals surface area contributed by atoms with Gasteiger partial charge in [-0.1, -0.05) is 35.8 Å². The first-order chi connectivity index (χ1) is 9.37. The summed E-state index contributed by atoms with van der Waals surface area (Å²) in [5.74, 6) is 0.266. The molecule has 0 N–H and O–H groups in total. The van der Waals surface area contributed by atoms with E-state index < -0.39 is 0 Å². The van der Waals surface area contributed by atoms with Crippen molar-refractivity contribution in [1.82, 2.24) is 4.57 Å². The number of halogens is 1. The highest BCUT2D eigenvalue weighted by atomic mass is 79.9. The molecule has 2 nitrogen and oxygen atoms in total. The Morgan fingerprint density at radius 1 is 1.20 bits per heavy atom. The zero-order chi connectivity index (χ0) is 14.5. The Kier molecular flexibility index (Phi) is 3.13. The lowest BCUT2D eigenvalue weighted by Crippen LogP contribution is -2.27. The standard InChI is InChI=1S/C17H18BrNO/c1-11-4-5-12(18)8-14(11)19-7-6-13-15(19)9-17(2,3)10-16(13)20/h4-8H,9-10H2,1-3H3. The molecule has 0 amide bonds. The highest BCUT2D eigenvalue weighted by Crippen LogP contribution is 2.36. The number of benzene rings is 1. The molecule has 0 atom stereocenters. The number of rotatable bonds is 1. The van der Waals surface area contributed by atoms with Crippen LogP contribution in [-0.4, -0.2) is 10.4 Å². The molecule has 0 bridgehead atoms. The van der Waals surface area contributed by atoms with Crippen LogP contribution in [-0.2, 0) is 6.42 Å². The van der Waals surface area contributed by atoms with Crippen LogP contribution in [0.25, 0.3) is 5.69 Å². The lowest BCUT2D eigenvalue weighted by atomic mass is 9.76. The maximum absolute atomic E-state index is 12.3. The van der Waals surface area contributed by atoms with Crippen molar-refractivity contribution in [2.45, 2.75) is 33.6 Å². The van der Waals surface area contributed by atoms with Crippen LogP contribution in [0.3, 0.4) is 0 Å². The van der Waals surface area contributed by atoms with Crippen molar-refractivity contribution >= 4 is 21.7 Å². The zero-order valence-electron chi connectivity index (χ0n) is 12.0. The minimum Gasteiger partial charge on any atom is -0.320 e. The smallest absolute Gasteiger partial charge is 0.165 e. The van der Waals surface area contributed by atoms with E-state index in [1.54, 1.807) is 0 Å². The van der Waals surface area contributed by atoms with Gasteiger partial charge in [0.2, 0.25) is 0 Å². The van der Waals surface area contributed by atoms with Crippen molar-refractivity contribution in [1.29, 1.82) is 0 Å². The van der Waals surface area contributed by atoms with Crippen LogP contribution in [0.4, 0.5) is 0 Å². The highest BCUT2D eigenvalue weighted by Gasteiger charge is 2.33. The predicted octanol–water partition coefficient (Wildman–Crippen LogP) is 4.70. The first-order valence-corrected chi connectivity index (χ1v) is 7.67. The summed E-state index contributed by atoms with van der Waals surface area (Å²) >= 11 is 3.53. The van der Waals surface area contributed by atoms with Gasteiger partial charge in [-0.25, -0.2) is 0 Å². The van der Waals surface area contributed by atoms with Gasteiger partial charge in [-0.15, -0.1) is 0 Å². The SMILES string of the molecule is Cc1ccc(Br)cc1-n1ccc2c1CC(C)(C)CC2=O. The fraction of sp³-hybridized carbons (Fsp3) is 0.353. The third kappa shape index (κ3) is 2.24. The Morgan fingerprint density at radius 3 is 2.70 bits per heavy atom. The summed E-state index contributed by atoms with van der Waals surface area (Å²) in [7, 11) is 0. The van der Waals surface area contributed by atoms with Crippen molar-refractivity contribution in [2.75, 3.05) is 0 Å². The molecule has 0 radical (unpaired) electrons. The molecule has 104 valence electrons. The number of carbonyl (C=O) groups is 1. The topological polar surface area (TPSA) is 22.0 Å². The predicted molar refractivity (Wildman–Crippen MR) is 84.6 cm³/mol. The number of hydrogen-bond acceptors (Lipinski definition) is 1. The van der Waals surface area contributed by atoms with Crippen molar-refractivity contribution < 1.29 is 4.79 Å². The summed E-state index contributed by atoms with van der Waals surface area (Å²) in [5, 5.41) is 0. The maximum Gasteiger partial charge on any atom is 0.165 e. The van der Waals surface area contributed by atoms with E-state index in [9.17, 15) is 4.79 Å². The zero-order valence-corrected chi connectivity index (χ0v) is 13.6. The second-order valence-corrected chi connectivity index (χ2v) is 7.33. The maximum atomic E-state index is 12.3. The molecule has 3 rings (SSSR count). The average molecular weight is 332 g/mol. The van der Waals surface area contributed by atoms with Gasteiger partial charge in [0, 0.05) is 34.0 Å². The third-order valence-electron chi connectivity index (χ3n) is 4.01. The molecule has 2 aromatic rings. The number of Topliss-reactive ketones (excluding diaryl/α,β-unsaturated/α-hetero) is 1. The Hall–Kier alpha value is -1.35. The fourth-order valence-electron chi connectivity index (χ4n) is 3.01. The van der Waals surface area contributed by atoms with Crippen molar-refractivity contribution in [2.24, 2.45) is 5.41 Å². The monoisotopic (exact) mass is 331 g/mol. The summed E-state index contributed by atoms with van der Waals surface area (Å²) in [6.45, 7) is 6.43. The lowest BCUT2D eigenvalue weighted by molar-refractivity contribution is 0.0911. The number of fused-ring (bicyclic) bond motifs is 1. The highest BCUT2D eigenvalue weighted by molar-refractivity contribution is 9.10. The number of ketones is 1. The molecule has 1 aromatic heterocycles. The summed E-state index contributed by atoms with van der Waals surface area (Å²) in [6, 6.07) is 8.22. The first-order valence-electron chi connectivity index (χ1n) is 6.87. The minimum absolute atomic E-state index is 0.0418. The van der Waals surface area contributed by atoms with E-state index in [0.717, 1.165) is 27.8 Å². The summed E-state index contributed by atoms with van der Waals surface area (Å²) in [4.78, 5) is 12.3. The Balaban J connectivity index is 2.18. The van der Waals surface area contributed by atoms with E-state index in [0.29, 0.717) is 6.42 Å². The molecule has 1 aliphatic carbocycles. The van der Waals surface area contributed by atoms with Crippen molar-refractivity contribution in [3.63, 3.8) is 0 Å². The molecule has 0 unspecified atom stereocenters. The second-order valence-electron chi connectivity index (χ2n) is 6.42. The summed E-state index contributed by atoms with van der Waals surface area (Å²) in [6.07, 6.45) is 3.60. The van der Waals surface area contributed by atoms with E-state index in [-0.39, 0.29) is 11.2 Å². The fourth-order valence-corrected chi connectivity index (χ4v) is 3.36. The molecule has 0 spiro atoms. The van der Waals surface area contributed by atoms with Gasteiger partial charge in [0.1, 0.15) is 0 Å². The van der Waals surface area contributed by atoms with Gasteiger partial charge in [0.15, 0.2) is 5.78 Å². The summed E-state index contributed by atoms with van der Waals surface area (Å²) in [5.41, 5.74) is 4.44. The average Bonchev–Trinajstić information content (AvgIpc) is 2.74. The number of hydrogen-bond donors (Lipinski definition) is 0. The molecule has 0 saturated heterocycles. The van der Waals surface area contributed by atoms with Crippen LogP contribution in [0.1, 0.15) is 41.9 Å². The van der Waals surface area contributed by atoms with Gasteiger partial charge in [-0.2, -0.15) is 0 Å². The lowest BCUT2D eigenvalue weighted by Gasteiger charge is -2.30. The third-order valence-corrected chi connectivity index (χ3v) is 4.50. The Bertz CT molecular complexity index is 697. The number of nitrogens with zero attached hydrogens (tertiary/aromatic N) is 1.